The summed E-state index contributed by atoms with van der Waals surface area (Å²) >= 11 is 0. The number of hydrogen-bond acceptors (Lipinski definition) is 3. The maximum atomic E-state index is 13.5. The summed E-state index contributed by atoms with van der Waals surface area (Å²) in [6.45, 7) is 3.17. The number of anilines is 1. The molecule has 0 heterocycles. The van der Waals surface area contributed by atoms with Crippen LogP contribution >= 0.6 is 0 Å². The zero-order valence-electron chi connectivity index (χ0n) is 10.7. The maximum absolute atomic E-state index is 13.5. The summed E-state index contributed by atoms with van der Waals surface area (Å²) in [6.07, 6.45) is 1.87. The maximum Gasteiger partial charge on any atom is 0.146 e. The highest BCUT2D eigenvalue weighted by atomic mass is 19.1. The third-order valence-electron chi connectivity index (χ3n) is 3.10. The Labute approximate surface area is 107 Å². The Kier molecular flexibility index (Phi) is 4.55. The number of ether oxygens (including phenoxy) is 1. The fraction of sp³-hybridized carbons (Fsp3) is 0.571. The van der Waals surface area contributed by atoms with Gasteiger partial charge in [0, 0.05) is 13.2 Å². The third kappa shape index (κ3) is 3.96. The average Bonchev–Trinajstić information content (AvgIpc) is 3.12. The molecule has 0 amide bonds. The van der Waals surface area contributed by atoms with Crippen molar-refractivity contribution < 1.29 is 14.2 Å². The van der Waals surface area contributed by atoms with Crippen LogP contribution in [0.4, 0.5) is 10.1 Å². The summed E-state index contributed by atoms with van der Waals surface area (Å²) in [4.78, 5) is 0. The lowest BCUT2D eigenvalue weighted by Gasteiger charge is -2.15. The Hall–Kier alpha value is -1.13. The van der Waals surface area contributed by atoms with Crippen LogP contribution in [0.15, 0.2) is 18.2 Å². The highest BCUT2D eigenvalue weighted by Gasteiger charge is 2.21. The number of benzene rings is 1. The van der Waals surface area contributed by atoms with E-state index in [2.05, 4.69) is 5.32 Å². The Morgan fingerprint density at radius 1 is 1.50 bits per heavy atom. The quantitative estimate of drug-likeness (QED) is 0.783. The van der Waals surface area contributed by atoms with Crippen LogP contribution in [-0.4, -0.2) is 31.0 Å². The molecule has 1 aliphatic rings. The first-order chi connectivity index (χ1) is 8.66. The second-order valence-corrected chi connectivity index (χ2v) is 4.95. The minimum atomic E-state index is -0.609. The predicted octanol–water partition coefficient (Wildman–Crippen LogP) is 2.33. The van der Waals surface area contributed by atoms with Crippen molar-refractivity contribution >= 4 is 5.69 Å². The van der Waals surface area contributed by atoms with Gasteiger partial charge in [0.05, 0.1) is 18.4 Å². The van der Waals surface area contributed by atoms with E-state index < -0.39 is 6.10 Å². The van der Waals surface area contributed by atoms with Crippen molar-refractivity contribution in [3.05, 3.63) is 29.6 Å². The molecular formula is C14H20FNO2. The van der Waals surface area contributed by atoms with Crippen molar-refractivity contribution in [1.29, 1.82) is 0 Å². The van der Waals surface area contributed by atoms with Crippen molar-refractivity contribution in [2.45, 2.75) is 25.9 Å². The molecule has 3 nitrogen and oxygen atoms in total. The lowest BCUT2D eigenvalue weighted by Crippen LogP contribution is -2.25. The molecule has 0 aliphatic heterocycles. The van der Waals surface area contributed by atoms with Gasteiger partial charge in [-0.2, -0.15) is 0 Å². The lowest BCUT2D eigenvalue weighted by molar-refractivity contribution is 0.0386. The van der Waals surface area contributed by atoms with Gasteiger partial charge in [-0.15, -0.1) is 0 Å². The van der Waals surface area contributed by atoms with Crippen LogP contribution in [0.3, 0.4) is 0 Å². The van der Waals surface area contributed by atoms with Gasteiger partial charge in [0.15, 0.2) is 0 Å². The summed E-state index contributed by atoms with van der Waals surface area (Å²) in [5, 5.41) is 12.6. The van der Waals surface area contributed by atoms with E-state index in [4.69, 9.17) is 4.74 Å². The van der Waals surface area contributed by atoms with Crippen LogP contribution in [0.1, 0.15) is 18.4 Å². The number of aliphatic hydroxyl groups excluding tert-OH is 1. The summed E-state index contributed by atoms with van der Waals surface area (Å²) in [5.41, 5.74) is 1.29. The average molecular weight is 253 g/mol. The van der Waals surface area contributed by atoms with E-state index in [0.29, 0.717) is 24.8 Å². The standard InChI is InChI=1S/C14H20FNO2/c1-10-3-2-4-13(15)14(10)16-7-12(17)9-18-8-11-5-6-11/h2-4,11-12,16-17H,5-9H2,1H3. The molecule has 1 aromatic rings. The minimum Gasteiger partial charge on any atom is -0.389 e. The van der Waals surface area contributed by atoms with Crippen LogP contribution in [0.25, 0.3) is 0 Å². The Bertz CT molecular complexity index is 373. The molecule has 1 aliphatic carbocycles. The molecule has 0 saturated heterocycles. The van der Waals surface area contributed by atoms with Crippen molar-refractivity contribution in [1.82, 2.24) is 0 Å². The van der Waals surface area contributed by atoms with Gasteiger partial charge < -0.3 is 15.2 Å². The van der Waals surface area contributed by atoms with E-state index in [1.165, 1.54) is 18.9 Å². The van der Waals surface area contributed by atoms with Crippen LogP contribution in [0.2, 0.25) is 0 Å². The summed E-state index contributed by atoms with van der Waals surface area (Å²) in [6, 6.07) is 4.91. The van der Waals surface area contributed by atoms with Crippen LogP contribution in [0.5, 0.6) is 0 Å². The third-order valence-corrected chi connectivity index (χ3v) is 3.10. The molecular weight excluding hydrogens is 233 g/mol. The number of hydrogen-bond donors (Lipinski definition) is 2. The zero-order valence-corrected chi connectivity index (χ0v) is 10.7. The number of halogens is 1. The Morgan fingerprint density at radius 3 is 2.94 bits per heavy atom. The topological polar surface area (TPSA) is 41.5 Å². The first-order valence-electron chi connectivity index (χ1n) is 6.41. The van der Waals surface area contributed by atoms with Gasteiger partial charge >= 0.3 is 0 Å². The number of rotatable bonds is 7. The molecule has 1 atom stereocenters. The van der Waals surface area contributed by atoms with E-state index in [-0.39, 0.29) is 5.82 Å². The van der Waals surface area contributed by atoms with Gasteiger partial charge in [0.25, 0.3) is 0 Å². The molecule has 18 heavy (non-hydrogen) atoms. The molecule has 0 aromatic heterocycles. The fourth-order valence-corrected chi connectivity index (χ4v) is 1.79. The van der Waals surface area contributed by atoms with Gasteiger partial charge in [0.2, 0.25) is 0 Å². The van der Waals surface area contributed by atoms with Gasteiger partial charge in [-0.3, -0.25) is 0 Å². The fourth-order valence-electron chi connectivity index (χ4n) is 1.79. The molecule has 2 rings (SSSR count). The number of aliphatic hydroxyl groups is 1. The van der Waals surface area contributed by atoms with Crippen LogP contribution < -0.4 is 5.32 Å². The predicted molar refractivity (Wildman–Crippen MR) is 69.2 cm³/mol. The van der Waals surface area contributed by atoms with E-state index >= 15 is 0 Å². The van der Waals surface area contributed by atoms with Gasteiger partial charge in [-0.25, -0.2) is 4.39 Å². The van der Waals surface area contributed by atoms with Gasteiger partial charge in [0.1, 0.15) is 5.82 Å². The summed E-state index contributed by atoms with van der Waals surface area (Å²) < 4.78 is 18.9. The van der Waals surface area contributed by atoms with E-state index in [1.807, 2.05) is 13.0 Å². The smallest absolute Gasteiger partial charge is 0.146 e. The molecule has 0 radical (unpaired) electrons. The molecule has 2 N–H and O–H groups in total. The SMILES string of the molecule is Cc1cccc(F)c1NCC(O)COCC1CC1. The van der Waals surface area contributed by atoms with E-state index in [0.717, 1.165) is 12.2 Å². The van der Waals surface area contributed by atoms with Crippen molar-refractivity contribution in [3.8, 4) is 0 Å². The minimum absolute atomic E-state index is 0.291. The largest absolute Gasteiger partial charge is 0.389 e. The second kappa shape index (κ2) is 6.16. The number of nitrogens with one attached hydrogen (secondary N) is 1. The number of para-hydroxylation sites is 1. The normalized spacial score (nSPS) is 16.6. The highest BCUT2D eigenvalue weighted by Crippen LogP contribution is 2.28. The first-order valence-corrected chi connectivity index (χ1v) is 6.41. The molecule has 1 aromatic carbocycles. The van der Waals surface area contributed by atoms with Gasteiger partial charge in [-0.1, -0.05) is 12.1 Å². The van der Waals surface area contributed by atoms with Crippen molar-refractivity contribution in [2.75, 3.05) is 25.1 Å². The van der Waals surface area contributed by atoms with Crippen molar-refractivity contribution in [2.24, 2.45) is 5.92 Å². The summed E-state index contributed by atoms with van der Waals surface area (Å²) in [5.74, 6) is 0.403. The van der Waals surface area contributed by atoms with Gasteiger partial charge in [-0.05, 0) is 37.3 Å². The highest BCUT2D eigenvalue weighted by molar-refractivity contribution is 5.51. The monoisotopic (exact) mass is 253 g/mol. The molecule has 1 unspecified atom stereocenters. The van der Waals surface area contributed by atoms with E-state index in [1.54, 1.807) is 6.07 Å². The van der Waals surface area contributed by atoms with Crippen LogP contribution in [0, 0.1) is 18.7 Å². The molecule has 0 bridgehead atoms. The van der Waals surface area contributed by atoms with Crippen LogP contribution in [-0.2, 0) is 4.74 Å². The lowest BCUT2D eigenvalue weighted by atomic mass is 10.2. The Balaban J connectivity index is 1.72. The van der Waals surface area contributed by atoms with E-state index in [9.17, 15) is 9.50 Å². The molecule has 0 spiro atoms. The molecule has 100 valence electrons. The zero-order chi connectivity index (χ0) is 13.0. The van der Waals surface area contributed by atoms with Crippen molar-refractivity contribution in [3.63, 3.8) is 0 Å². The molecule has 4 heteroatoms. The summed E-state index contributed by atoms with van der Waals surface area (Å²) in [7, 11) is 0. The molecule has 1 saturated carbocycles. The second-order valence-electron chi connectivity index (χ2n) is 4.95. The first kappa shape index (κ1) is 13.3. The number of aryl methyl sites for hydroxylation is 1. The molecule has 1 fully saturated rings. The Morgan fingerprint density at radius 2 is 2.28 bits per heavy atom.